The first-order chi connectivity index (χ1) is 9.81. The Morgan fingerprint density at radius 1 is 1.38 bits per heavy atom. The summed E-state index contributed by atoms with van der Waals surface area (Å²) in [5.41, 5.74) is -0.0208. The minimum atomic E-state index is -0.643. The molecule has 2 atom stereocenters. The van der Waals surface area contributed by atoms with E-state index in [9.17, 15) is 15.2 Å². The van der Waals surface area contributed by atoms with Crippen molar-refractivity contribution in [2.45, 2.75) is 32.9 Å². The number of non-ortho nitro benzene ring substituents is 1. The molecule has 0 fully saturated rings. The molecule has 0 aliphatic carbocycles. The molecule has 0 aliphatic heterocycles. The van der Waals surface area contributed by atoms with Gasteiger partial charge in [-0.15, -0.1) is 0 Å². The summed E-state index contributed by atoms with van der Waals surface area (Å²) in [6, 6.07) is 6.32. The smallest absolute Gasteiger partial charge is 0.273 e. The van der Waals surface area contributed by atoms with Gasteiger partial charge in [0.25, 0.3) is 5.69 Å². The Morgan fingerprint density at radius 2 is 2.05 bits per heavy atom. The van der Waals surface area contributed by atoms with E-state index in [0.717, 1.165) is 0 Å². The second-order valence-corrected chi connectivity index (χ2v) is 5.64. The van der Waals surface area contributed by atoms with E-state index in [1.807, 2.05) is 7.05 Å². The third-order valence-electron chi connectivity index (χ3n) is 3.63. The molecule has 1 aromatic rings. The van der Waals surface area contributed by atoms with E-state index >= 15 is 0 Å². The largest absolute Gasteiger partial charge is 0.491 e. The molecule has 1 rings (SSSR count). The predicted octanol–water partition coefficient (Wildman–Crippen LogP) is 2.31. The standard InChI is InChI=1S/C15H24N2O4/c1-11(2)12(3)16(4)9-14(18)10-21-15-7-5-6-13(8-15)17(19)20/h5-8,11-12,14,18H,9-10H2,1-4H3/t12-,14-/m0/s1. The highest BCUT2D eigenvalue weighted by Gasteiger charge is 2.17. The Hall–Kier alpha value is -1.66. The zero-order valence-corrected chi connectivity index (χ0v) is 13.0. The van der Waals surface area contributed by atoms with Gasteiger partial charge < -0.3 is 14.7 Å². The fourth-order valence-electron chi connectivity index (χ4n) is 1.94. The van der Waals surface area contributed by atoms with Crippen LogP contribution in [-0.4, -0.2) is 47.3 Å². The number of aliphatic hydroxyl groups is 1. The van der Waals surface area contributed by atoms with Crippen LogP contribution in [0.25, 0.3) is 0 Å². The Kier molecular flexibility index (Phi) is 6.58. The quantitative estimate of drug-likeness (QED) is 0.588. The third-order valence-corrected chi connectivity index (χ3v) is 3.63. The van der Waals surface area contributed by atoms with Gasteiger partial charge in [-0.1, -0.05) is 19.9 Å². The van der Waals surface area contributed by atoms with Gasteiger partial charge in [0.15, 0.2) is 0 Å². The minimum Gasteiger partial charge on any atom is -0.491 e. The normalized spacial score (nSPS) is 14.2. The van der Waals surface area contributed by atoms with Gasteiger partial charge >= 0.3 is 0 Å². The highest BCUT2D eigenvalue weighted by atomic mass is 16.6. The second kappa shape index (κ2) is 7.95. The van der Waals surface area contributed by atoms with E-state index in [4.69, 9.17) is 4.74 Å². The lowest BCUT2D eigenvalue weighted by molar-refractivity contribution is -0.384. The Balaban J connectivity index is 2.48. The average molecular weight is 296 g/mol. The predicted molar refractivity (Wildman–Crippen MR) is 81.5 cm³/mol. The van der Waals surface area contributed by atoms with Crippen LogP contribution < -0.4 is 4.74 Å². The molecule has 0 radical (unpaired) electrons. The van der Waals surface area contributed by atoms with Crippen LogP contribution in [0.15, 0.2) is 24.3 Å². The molecule has 21 heavy (non-hydrogen) atoms. The van der Waals surface area contributed by atoms with E-state index < -0.39 is 11.0 Å². The highest BCUT2D eigenvalue weighted by Crippen LogP contribution is 2.19. The first kappa shape index (κ1) is 17.4. The molecule has 0 aromatic heterocycles. The molecule has 6 nitrogen and oxygen atoms in total. The van der Waals surface area contributed by atoms with Gasteiger partial charge in [-0.3, -0.25) is 10.1 Å². The molecule has 0 bridgehead atoms. The first-order valence-corrected chi connectivity index (χ1v) is 7.06. The van der Waals surface area contributed by atoms with Crippen LogP contribution in [0, 0.1) is 16.0 Å². The molecule has 0 amide bonds. The molecule has 1 N–H and O–H groups in total. The van der Waals surface area contributed by atoms with Crippen molar-refractivity contribution in [1.82, 2.24) is 4.90 Å². The van der Waals surface area contributed by atoms with E-state index in [1.54, 1.807) is 12.1 Å². The second-order valence-electron chi connectivity index (χ2n) is 5.64. The topological polar surface area (TPSA) is 75.8 Å². The van der Waals surface area contributed by atoms with Crippen LogP contribution in [0.3, 0.4) is 0 Å². The highest BCUT2D eigenvalue weighted by molar-refractivity contribution is 5.37. The van der Waals surface area contributed by atoms with Crippen molar-refractivity contribution in [3.8, 4) is 5.75 Å². The van der Waals surface area contributed by atoms with Crippen LogP contribution in [0.5, 0.6) is 5.75 Å². The first-order valence-electron chi connectivity index (χ1n) is 7.06. The van der Waals surface area contributed by atoms with Crippen molar-refractivity contribution in [1.29, 1.82) is 0 Å². The lowest BCUT2D eigenvalue weighted by Crippen LogP contribution is -2.40. The monoisotopic (exact) mass is 296 g/mol. The summed E-state index contributed by atoms with van der Waals surface area (Å²) in [7, 11) is 1.96. The molecular weight excluding hydrogens is 272 g/mol. The number of nitro groups is 1. The maximum absolute atomic E-state index is 10.7. The molecule has 0 aliphatic rings. The molecule has 118 valence electrons. The molecule has 0 heterocycles. The number of nitrogens with zero attached hydrogens (tertiary/aromatic N) is 2. The Morgan fingerprint density at radius 3 is 2.62 bits per heavy atom. The molecule has 1 aromatic carbocycles. The summed E-state index contributed by atoms with van der Waals surface area (Å²) in [6.07, 6.45) is -0.643. The van der Waals surface area contributed by atoms with E-state index in [-0.39, 0.29) is 12.3 Å². The molecule has 0 spiro atoms. The molecule has 0 saturated carbocycles. The maximum Gasteiger partial charge on any atom is 0.273 e. The number of rotatable bonds is 8. The van der Waals surface area contributed by atoms with Crippen LogP contribution >= 0.6 is 0 Å². The number of aliphatic hydroxyl groups excluding tert-OH is 1. The molecule has 6 heteroatoms. The summed E-state index contributed by atoms with van der Waals surface area (Å²) in [5, 5.41) is 20.7. The summed E-state index contributed by atoms with van der Waals surface area (Å²) >= 11 is 0. The van der Waals surface area contributed by atoms with Crippen molar-refractivity contribution >= 4 is 5.69 Å². The van der Waals surface area contributed by atoms with Gasteiger partial charge in [-0.2, -0.15) is 0 Å². The maximum atomic E-state index is 10.7. The number of hydrogen-bond acceptors (Lipinski definition) is 5. The van der Waals surface area contributed by atoms with E-state index in [2.05, 4.69) is 25.7 Å². The van der Waals surface area contributed by atoms with Gasteiger partial charge in [0, 0.05) is 18.7 Å². The summed E-state index contributed by atoms with van der Waals surface area (Å²) in [5.74, 6) is 0.891. The van der Waals surface area contributed by atoms with Gasteiger partial charge in [0.05, 0.1) is 11.0 Å². The number of likely N-dealkylation sites (N-methyl/N-ethyl adjacent to an activating group) is 1. The Bertz CT molecular complexity index is 465. The molecular formula is C15H24N2O4. The van der Waals surface area contributed by atoms with Crippen molar-refractivity contribution in [2.75, 3.05) is 20.2 Å². The van der Waals surface area contributed by atoms with E-state index in [1.165, 1.54) is 12.1 Å². The van der Waals surface area contributed by atoms with Crippen LogP contribution in [-0.2, 0) is 0 Å². The number of hydrogen-bond donors (Lipinski definition) is 1. The Labute approximate surface area is 125 Å². The van der Waals surface area contributed by atoms with E-state index in [0.29, 0.717) is 24.3 Å². The minimum absolute atomic E-state index is 0.0208. The molecule has 0 saturated heterocycles. The SMILES string of the molecule is CC(C)[C@H](C)N(C)C[C@H](O)COc1cccc([N+](=O)[O-])c1. The van der Waals surface area contributed by atoms with Gasteiger partial charge in [-0.25, -0.2) is 0 Å². The van der Waals surface area contributed by atoms with Crippen molar-refractivity contribution in [3.05, 3.63) is 34.4 Å². The van der Waals surface area contributed by atoms with Gasteiger partial charge in [-0.05, 0) is 26.0 Å². The summed E-state index contributed by atoms with van der Waals surface area (Å²) < 4.78 is 5.42. The van der Waals surface area contributed by atoms with Crippen LogP contribution in [0.1, 0.15) is 20.8 Å². The van der Waals surface area contributed by atoms with Gasteiger partial charge in [0.1, 0.15) is 18.5 Å². The van der Waals surface area contributed by atoms with Crippen molar-refractivity contribution < 1.29 is 14.8 Å². The lowest BCUT2D eigenvalue weighted by atomic mass is 10.1. The average Bonchev–Trinajstić information content (AvgIpc) is 2.44. The molecule has 0 unspecified atom stereocenters. The fourth-order valence-corrected chi connectivity index (χ4v) is 1.94. The summed E-state index contributed by atoms with van der Waals surface area (Å²) in [4.78, 5) is 12.3. The fraction of sp³-hybridized carbons (Fsp3) is 0.600. The van der Waals surface area contributed by atoms with Crippen LogP contribution in [0.2, 0.25) is 0 Å². The summed E-state index contributed by atoms with van der Waals surface area (Å²) in [6.45, 7) is 6.98. The van der Waals surface area contributed by atoms with Crippen molar-refractivity contribution in [3.63, 3.8) is 0 Å². The zero-order valence-electron chi connectivity index (χ0n) is 13.0. The van der Waals surface area contributed by atoms with Crippen LogP contribution in [0.4, 0.5) is 5.69 Å². The lowest BCUT2D eigenvalue weighted by Gasteiger charge is -2.29. The number of nitro benzene ring substituents is 1. The number of ether oxygens (including phenoxy) is 1. The third kappa shape index (κ3) is 5.69. The van der Waals surface area contributed by atoms with Crippen molar-refractivity contribution in [2.24, 2.45) is 5.92 Å². The number of benzene rings is 1. The van der Waals surface area contributed by atoms with Gasteiger partial charge in [0.2, 0.25) is 0 Å². The zero-order chi connectivity index (χ0) is 16.0.